The number of morpholine rings is 1. The third kappa shape index (κ3) is 3.59. The Balaban J connectivity index is 1.84. The molecule has 4 N–H and O–H groups in total. The van der Waals surface area contributed by atoms with Gasteiger partial charge in [-0.25, -0.2) is 0 Å². The highest BCUT2D eigenvalue weighted by Gasteiger charge is 2.27. The van der Waals surface area contributed by atoms with Crippen molar-refractivity contribution >= 4 is 11.6 Å². The van der Waals surface area contributed by atoms with E-state index in [0.717, 1.165) is 0 Å². The number of nitrogens with zero attached hydrogens (tertiary/aromatic N) is 1. The van der Waals surface area contributed by atoms with Gasteiger partial charge in [0.05, 0.1) is 18.9 Å². The average molecular weight is 265 g/mol. The van der Waals surface area contributed by atoms with Crippen LogP contribution in [0, 0.1) is 0 Å². The van der Waals surface area contributed by atoms with Gasteiger partial charge < -0.3 is 20.9 Å². The minimum atomic E-state index is -0.370. The number of nitrogens with two attached hydrogens (primary N) is 2. The molecule has 1 aromatic carbocycles. The highest BCUT2D eigenvalue weighted by molar-refractivity contribution is 5.80. The lowest BCUT2D eigenvalue weighted by molar-refractivity contribution is -0.129. The van der Waals surface area contributed by atoms with Gasteiger partial charge in [0.1, 0.15) is 18.4 Å². The zero-order valence-electron chi connectivity index (χ0n) is 10.7. The van der Waals surface area contributed by atoms with Gasteiger partial charge in [-0.2, -0.15) is 0 Å². The van der Waals surface area contributed by atoms with Crippen molar-refractivity contribution in [3.05, 3.63) is 24.3 Å². The second kappa shape index (κ2) is 6.40. The maximum atomic E-state index is 11.3. The Bertz CT molecular complexity index is 439. The number of rotatable bonds is 5. The molecule has 19 heavy (non-hydrogen) atoms. The minimum absolute atomic E-state index is 0.350. The first-order valence-corrected chi connectivity index (χ1v) is 6.27. The standard InChI is InChI=1S/C13H19N3O3/c14-10-3-1-2-4-12(10)19-8-6-16-5-7-18-9-11(16)13(15)17/h1-4,11H,5-9,14H2,(H2,15,17). The Kier molecular flexibility index (Phi) is 4.59. The summed E-state index contributed by atoms with van der Waals surface area (Å²) in [5.74, 6) is 0.297. The van der Waals surface area contributed by atoms with Gasteiger partial charge in [0.15, 0.2) is 0 Å². The van der Waals surface area contributed by atoms with Crippen LogP contribution in [0.2, 0.25) is 0 Å². The SMILES string of the molecule is NC(=O)C1COCCN1CCOc1ccccc1N. The van der Waals surface area contributed by atoms with Crippen LogP contribution in [0.4, 0.5) is 5.69 Å². The summed E-state index contributed by atoms with van der Waals surface area (Å²) in [7, 11) is 0. The van der Waals surface area contributed by atoms with Gasteiger partial charge in [-0.05, 0) is 12.1 Å². The molecule has 6 heteroatoms. The van der Waals surface area contributed by atoms with Gasteiger partial charge in [0.25, 0.3) is 0 Å². The van der Waals surface area contributed by atoms with Crippen molar-refractivity contribution in [2.75, 3.05) is 38.6 Å². The Hall–Kier alpha value is -1.79. The van der Waals surface area contributed by atoms with Crippen molar-refractivity contribution in [2.45, 2.75) is 6.04 Å². The van der Waals surface area contributed by atoms with E-state index in [1.165, 1.54) is 0 Å². The topological polar surface area (TPSA) is 90.8 Å². The fraction of sp³-hybridized carbons (Fsp3) is 0.462. The van der Waals surface area contributed by atoms with Gasteiger partial charge in [0, 0.05) is 13.1 Å². The van der Waals surface area contributed by atoms with Crippen LogP contribution in [-0.4, -0.2) is 49.8 Å². The number of benzene rings is 1. The summed E-state index contributed by atoms with van der Waals surface area (Å²) in [5.41, 5.74) is 11.7. The smallest absolute Gasteiger partial charge is 0.237 e. The molecule has 1 atom stereocenters. The molecular weight excluding hydrogens is 246 g/mol. The predicted octanol–water partition coefficient (Wildman–Crippen LogP) is -0.166. The summed E-state index contributed by atoms with van der Waals surface area (Å²) in [6.45, 7) is 2.71. The molecule has 2 rings (SSSR count). The number of hydrogen-bond donors (Lipinski definition) is 2. The lowest BCUT2D eigenvalue weighted by Crippen LogP contribution is -2.53. The predicted molar refractivity (Wildman–Crippen MR) is 71.7 cm³/mol. The third-order valence-electron chi connectivity index (χ3n) is 3.12. The van der Waals surface area contributed by atoms with Gasteiger partial charge in [-0.1, -0.05) is 12.1 Å². The van der Waals surface area contributed by atoms with Crippen LogP contribution in [0.15, 0.2) is 24.3 Å². The number of ether oxygens (including phenoxy) is 2. The van der Waals surface area contributed by atoms with Crippen LogP contribution in [0.3, 0.4) is 0 Å². The van der Waals surface area contributed by atoms with Crippen LogP contribution in [0.1, 0.15) is 0 Å². The molecule has 1 aliphatic rings. The fourth-order valence-electron chi connectivity index (χ4n) is 2.05. The monoisotopic (exact) mass is 265 g/mol. The molecule has 1 heterocycles. The van der Waals surface area contributed by atoms with Crippen molar-refractivity contribution in [3.63, 3.8) is 0 Å². The number of carbonyl (C=O) groups is 1. The number of carbonyl (C=O) groups excluding carboxylic acids is 1. The van der Waals surface area contributed by atoms with Crippen LogP contribution < -0.4 is 16.2 Å². The molecule has 6 nitrogen and oxygen atoms in total. The van der Waals surface area contributed by atoms with Crippen molar-refractivity contribution in [3.8, 4) is 5.75 Å². The number of amides is 1. The van der Waals surface area contributed by atoms with E-state index >= 15 is 0 Å². The quantitative estimate of drug-likeness (QED) is 0.722. The van der Waals surface area contributed by atoms with Crippen molar-refractivity contribution < 1.29 is 14.3 Å². The van der Waals surface area contributed by atoms with Gasteiger partial charge in [-0.15, -0.1) is 0 Å². The Morgan fingerprint density at radius 1 is 1.47 bits per heavy atom. The van der Waals surface area contributed by atoms with E-state index in [4.69, 9.17) is 20.9 Å². The summed E-state index contributed by atoms with van der Waals surface area (Å²) in [4.78, 5) is 13.3. The molecule has 1 amide bonds. The number of anilines is 1. The van der Waals surface area contributed by atoms with E-state index in [9.17, 15) is 4.79 Å². The molecule has 0 bridgehead atoms. The van der Waals surface area contributed by atoms with E-state index in [1.807, 2.05) is 23.1 Å². The molecule has 0 spiro atoms. The van der Waals surface area contributed by atoms with Gasteiger partial charge in [-0.3, -0.25) is 9.69 Å². The maximum absolute atomic E-state index is 11.3. The second-order valence-electron chi connectivity index (χ2n) is 4.42. The summed E-state index contributed by atoms with van der Waals surface area (Å²) < 4.78 is 10.9. The molecule has 104 valence electrons. The molecule has 1 unspecified atom stereocenters. The van der Waals surface area contributed by atoms with E-state index in [1.54, 1.807) is 6.07 Å². The number of hydrogen-bond acceptors (Lipinski definition) is 5. The molecular formula is C13H19N3O3. The van der Waals surface area contributed by atoms with Crippen LogP contribution in [-0.2, 0) is 9.53 Å². The Labute approximate surface area is 112 Å². The molecule has 0 aromatic heterocycles. The zero-order valence-corrected chi connectivity index (χ0v) is 10.7. The first kappa shape index (κ1) is 13.6. The summed E-state index contributed by atoms with van der Waals surface area (Å²) >= 11 is 0. The Morgan fingerprint density at radius 2 is 2.26 bits per heavy atom. The van der Waals surface area contributed by atoms with Crippen molar-refractivity contribution in [1.82, 2.24) is 4.90 Å². The number of para-hydroxylation sites is 2. The second-order valence-corrected chi connectivity index (χ2v) is 4.42. The first-order chi connectivity index (χ1) is 9.18. The van der Waals surface area contributed by atoms with Crippen molar-refractivity contribution in [2.24, 2.45) is 5.73 Å². The highest BCUT2D eigenvalue weighted by atomic mass is 16.5. The average Bonchev–Trinajstić information content (AvgIpc) is 2.41. The van der Waals surface area contributed by atoms with Crippen LogP contribution in [0.25, 0.3) is 0 Å². The molecule has 1 saturated heterocycles. The summed E-state index contributed by atoms with van der Waals surface area (Å²) in [6.07, 6.45) is 0. The van der Waals surface area contributed by atoms with Crippen molar-refractivity contribution in [1.29, 1.82) is 0 Å². The lowest BCUT2D eigenvalue weighted by atomic mass is 10.2. The minimum Gasteiger partial charge on any atom is -0.490 e. The highest BCUT2D eigenvalue weighted by Crippen LogP contribution is 2.19. The lowest BCUT2D eigenvalue weighted by Gasteiger charge is -2.33. The molecule has 1 aliphatic heterocycles. The number of primary amides is 1. The number of nitrogen functional groups attached to an aromatic ring is 1. The third-order valence-corrected chi connectivity index (χ3v) is 3.12. The molecule has 1 aromatic rings. The largest absolute Gasteiger partial charge is 0.490 e. The van der Waals surface area contributed by atoms with Gasteiger partial charge in [0.2, 0.25) is 5.91 Å². The van der Waals surface area contributed by atoms with E-state index in [2.05, 4.69) is 0 Å². The molecule has 0 aliphatic carbocycles. The molecule has 0 saturated carbocycles. The van der Waals surface area contributed by atoms with Crippen LogP contribution >= 0.6 is 0 Å². The maximum Gasteiger partial charge on any atom is 0.237 e. The van der Waals surface area contributed by atoms with Crippen LogP contribution in [0.5, 0.6) is 5.75 Å². The fourth-order valence-corrected chi connectivity index (χ4v) is 2.05. The van der Waals surface area contributed by atoms with E-state index in [-0.39, 0.29) is 11.9 Å². The Morgan fingerprint density at radius 3 is 3.00 bits per heavy atom. The van der Waals surface area contributed by atoms with E-state index < -0.39 is 0 Å². The van der Waals surface area contributed by atoms with E-state index in [0.29, 0.717) is 44.3 Å². The van der Waals surface area contributed by atoms with Gasteiger partial charge >= 0.3 is 0 Å². The molecule has 1 fully saturated rings. The summed E-state index contributed by atoms with van der Waals surface area (Å²) in [6, 6.07) is 6.96. The zero-order chi connectivity index (χ0) is 13.7. The summed E-state index contributed by atoms with van der Waals surface area (Å²) in [5, 5.41) is 0. The first-order valence-electron chi connectivity index (χ1n) is 6.27. The molecule has 0 radical (unpaired) electrons. The normalized spacial score (nSPS) is 20.1.